The van der Waals surface area contributed by atoms with Crippen molar-refractivity contribution in [3.63, 3.8) is 0 Å². The van der Waals surface area contributed by atoms with Crippen molar-refractivity contribution >= 4 is 23.4 Å². The Kier molecular flexibility index (Phi) is 6.82. The normalized spacial score (nSPS) is 12.1. The molecule has 1 atom stereocenters. The molecule has 0 radical (unpaired) electrons. The molecule has 8 heteroatoms. The van der Waals surface area contributed by atoms with Gasteiger partial charge < -0.3 is 25.4 Å². The van der Waals surface area contributed by atoms with E-state index in [1.165, 1.54) is 13.3 Å². The molecule has 1 unspecified atom stereocenters. The van der Waals surface area contributed by atoms with Gasteiger partial charge in [-0.2, -0.15) is 0 Å². The lowest BCUT2D eigenvalue weighted by molar-refractivity contribution is -0.117. The number of aromatic nitrogens is 1. The second kappa shape index (κ2) is 8.37. The van der Waals surface area contributed by atoms with Gasteiger partial charge in [0.2, 0.25) is 11.8 Å². The van der Waals surface area contributed by atoms with E-state index in [9.17, 15) is 9.59 Å². The van der Waals surface area contributed by atoms with Crippen molar-refractivity contribution < 1.29 is 19.1 Å². The van der Waals surface area contributed by atoms with E-state index in [0.717, 1.165) is 0 Å². The van der Waals surface area contributed by atoms with E-state index in [1.54, 1.807) is 33.8 Å². The Morgan fingerprint density at radius 1 is 1.29 bits per heavy atom. The highest BCUT2D eigenvalue weighted by Gasteiger charge is 2.21. The zero-order chi connectivity index (χ0) is 18.3. The molecule has 8 nitrogen and oxygen atoms in total. The first-order valence-corrected chi connectivity index (χ1v) is 7.74. The molecular formula is C16H26N4O4. The second-order valence-electron chi connectivity index (χ2n) is 6.16. The summed E-state index contributed by atoms with van der Waals surface area (Å²) in [4.78, 5) is 28.1. The van der Waals surface area contributed by atoms with Crippen LogP contribution in [0.1, 0.15) is 34.6 Å². The summed E-state index contributed by atoms with van der Waals surface area (Å²) in [5.41, 5.74) is 0.556. The summed E-state index contributed by atoms with van der Waals surface area (Å²) in [6, 6.07) is 0.918. The predicted octanol–water partition coefficient (Wildman–Crippen LogP) is 2.37. The summed E-state index contributed by atoms with van der Waals surface area (Å²) in [6.07, 6.45) is 0.847. The standard InChI is InChI=1S/C16H26N4O4/c1-7-17-11-8-13(23-6)18-9-12(11)20-14(21)10(2)19-15(22)24-16(3,4)5/h8-10H,7H2,1-6H3,(H,17,18)(H,19,22)(H,20,21). The van der Waals surface area contributed by atoms with E-state index in [1.807, 2.05) is 6.92 Å². The molecule has 134 valence electrons. The first-order chi connectivity index (χ1) is 11.2. The fourth-order valence-electron chi connectivity index (χ4n) is 1.78. The highest BCUT2D eigenvalue weighted by molar-refractivity contribution is 5.98. The Labute approximate surface area is 142 Å². The molecule has 0 aliphatic carbocycles. The lowest BCUT2D eigenvalue weighted by Gasteiger charge is -2.22. The van der Waals surface area contributed by atoms with Crippen molar-refractivity contribution in [2.75, 3.05) is 24.3 Å². The van der Waals surface area contributed by atoms with Gasteiger partial charge in [-0.1, -0.05) is 0 Å². The summed E-state index contributed by atoms with van der Waals surface area (Å²) >= 11 is 0. The summed E-state index contributed by atoms with van der Waals surface area (Å²) in [5.74, 6) is 0.0517. The van der Waals surface area contributed by atoms with Crippen LogP contribution >= 0.6 is 0 Å². The smallest absolute Gasteiger partial charge is 0.408 e. The Balaban J connectivity index is 2.74. The summed E-state index contributed by atoms with van der Waals surface area (Å²) < 4.78 is 10.2. The maximum atomic E-state index is 12.3. The molecule has 1 aromatic heterocycles. The quantitative estimate of drug-likeness (QED) is 0.736. The van der Waals surface area contributed by atoms with Gasteiger partial charge in [0.1, 0.15) is 11.6 Å². The SMILES string of the molecule is CCNc1cc(OC)ncc1NC(=O)C(C)NC(=O)OC(C)(C)C. The van der Waals surface area contributed by atoms with Crippen LogP contribution in [-0.2, 0) is 9.53 Å². The molecule has 0 bridgehead atoms. The number of methoxy groups -OCH3 is 1. The molecule has 0 spiro atoms. The van der Waals surface area contributed by atoms with Gasteiger partial charge in [0.05, 0.1) is 24.7 Å². The number of carbonyl (C=O) groups is 2. The van der Waals surface area contributed by atoms with Gasteiger partial charge in [-0.3, -0.25) is 4.79 Å². The zero-order valence-electron chi connectivity index (χ0n) is 15.0. The Morgan fingerprint density at radius 3 is 2.50 bits per heavy atom. The van der Waals surface area contributed by atoms with Crippen molar-refractivity contribution in [2.45, 2.75) is 46.3 Å². The molecule has 0 saturated carbocycles. The first-order valence-electron chi connectivity index (χ1n) is 7.74. The van der Waals surface area contributed by atoms with Gasteiger partial charge in [0.15, 0.2) is 0 Å². The number of amides is 2. The first kappa shape index (κ1) is 19.5. The molecule has 2 amide bonds. The largest absolute Gasteiger partial charge is 0.481 e. The molecule has 0 aliphatic rings. The number of hydrogen-bond donors (Lipinski definition) is 3. The summed E-state index contributed by atoms with van der Waals surface area (Å²) in [5, 5.41) is 8.34. The third-order valence-corrected chi connectivity index (χ3v) is 2.84. The van der Waals surface area contributed by atoms with Crippen LogP contribution in [0.4, 0.5) is 16.2 Å². The topological polar surface area (TPSA) is 102 Å². The van der Waals surface area contributed by atoms with E-state index in [4.69, 9.17) is 9.47 Å². The highest BCUT2D eigenvalue weighted by Crippen LogP contribution is 2.24. The lowest BCUT2D eigenvalue weighted by atomic mass is 10.2. The molecule has 1 heterocycles. The number of nitrogens with one attached hydrogen (secondary N) is 3. The lowest BCUT2D eigenvalue weighted by Crippen LogP contribution is -2.44. The van der Waals surface area contributed by atoms with Crippen molar-refractivity contribution in [2.24, 2.45) is 0 Å². The van der Waals surface area contributed by atoms with Gasteiger partial charge in [-0.05, 0) is 34.6 Å². The van der Waals surface area contributed by atoms with E-state index < -0.39 is 17.7 Å². The van der Waals surface area contributed by atoms with Gasteiger partial charge >= 0.3 is 6.09 Å². The summed E-state index contributed by atoms with van der Waals surface area (Å²) in [6.45, 7) is 9.44. The number of nitrogens with zero attached hydrogens (tertiary/aromatic N) is 1. The molecular weight excluding hydrogens is 312 g/mol. The van der Waals surface area contributed by atoms with E-state index in [0.29, 0.717) is 23.8 Å². The zero-order valence-corrected chi connectivity index (χ0v) is 15.0. The fraction of sp³-hybridized carbons (Fsp3) is 0.562. The van der Waals surface area contributed by atoms with Crippen LogP contribution in [0, 0.1) is 0 Å². The molecule has 1 rings (SSSR count). The maximum absolute atomic E-state index is 12.3. The number of pyridine rings is 1. The number of hydrogen-bond acceptors (Lipinski definition) is 6. The van der Waals surface area contributed by atoms with Crippen LogP contribution in [0.25, 0.3) is 0 Å². The molecule has 3 N–H and O–H groups in total. The number of ether oxygens (including phenoxy) is 2. The van der Waals surface area contributed by atoms with Crippen LogP contribution in [0.2, 0.25) is 0 Å². The van der Waals surface area contributed by atoms with Crippen LogP contribution < -0.4 is 20.7 Å². The average Bonchev–Trinajstić information content (AvgIpc) is 2.47. The molecule has 0 aliphatic heterocycles. The number of rotatable bonds is 6. The second-order valence-corrected chi connectivity index (χ2v) is 6.16. The minimum Gasteiger partial charge on any atom is -0.481 e. The molecule has 24 heavy (non-hydrogen) atoms. The summed E-state index contributed by atoms with van der Waals surface area (Å²) in [7, 11) is 1.52. The number of anilines is 2. The third kappa shape index (κ3) is 6.31. The minimum absolute atomic E-state index is 0.382. The fourth-order valence-corrected chi connectivity index (χ4v) is 1.78. The van der Waals surface area contributed by atoms with Crippen molar-refractivity contribution in [3.05, 3.63) is 12.3 Å². The van der Waals surface area contributed by atoms with Crippen LogP contribution in [0.5, 0.6) is 5.88 Å². The third-order valence-electron chi connectivity index (χ3n) is 2.84. The van der Waals surface area contributed by atoms with Crippen molar-refractivity contribution in [3.8, 4) is 5.88 Å². The molecule has 1 aromatic rings. The van der Waals surface area contributed by atoms with E-state index in [-0.39, 0.29) is 5.91 Å². The Morgan fingerprint density at radius 2 is 1.96 bits per heavy atom. The molecule has 0 saturated heterocycles. The van der Waals surface area contributed by atoms with Crippen molar-refractivity contribution in [1.29, 1.82) is 0 Å². The van der Waals surface area contributed by atoms with Gasteiger partial charge in [-0.15, -0.1) is 0 Å². The number of carbonyl (C=O) groups excluding carboxylic acids is 2. The van der Waals surface area contributed by atoms with Crippen LogP contribution in [0.15, 0.2) is 12.3 Å². The maximum Gasteiger partial charge on any atom is 0.408 e. The average molecular weight is 338 g/mol. The monoisotopic (exact) mass is 338 g/mol. The van der Waals surface area contributed by atoms with E-state index >= 15 is 0 Å². The van der Waals surface area contributed by atoms with Gasteiger partial charge in [0.25, 0.3) is 0 Å². The van der Waals surface area contributed by atoms with Crippen LogP contribution in [-0.4, -0.2) is 42.3 Å². The minimum atomic E-state index is -0.767. The molecule has 0 fully saturated rings. The Hall–Kier alpha value is -2.51. The molecule has 0 aromatic carbocycles. The van der Waals surface area contributed by atoms with Crippen molar-refractivity contribution in [1.82, 2.24) is 10.3 Å². The Bertz CT molecular complexity index is 584. The van der Waals surface area contributed by atoms with E-state index in [2.05, 4.69) is 20.9 Å². The van der Waals surface area contributed by atoms with Crippen LogP contribution in [0.3, 0.4) is 0 Å². The van der Waals surface area contributed by atoms with Gasteiger partial charge in [0, 0.05) is 12.6 Å². The number of alkyl carbamates (subject to hydrolysis) is 1. The highest BCUT2D eigenvalue weighted by atomic mass is 16.6. The van der Waals surface area contributed by atoms with Gasteiger partial charge in [-0.25, -0.2) is 9.78 Å². The predicted molar refractivity (Wildman–Crippen MR) is 92.4 cm³/mol.